The molecule has 1 aromatic carbocycles. The number of benzene rings is 1. The third-order valence-corrected chi connectivity index (χ3v) is 5.40. The summed E-state index contributed by atoms with van der Waals surface area (Å²) in [6, 6.07) is 10.4. The van der Waals surface area contributed by atoms with E-state index < -0.39 is 0 Å². The number of hydrogen-bond acceptors (Lipinski definition) is 1. The minimum atomic E-state index is 0.735. The maximum Gasteiger partial charge on any atom is 0.00727 e. The van der Waals surface area contributed by atoms with Crippen molar-refractivity contribution < 1.29 is 0 Å². The summed E-state index contributed by atoms with van der Waals surface area (Å²) in [5.74, 6) is 1.64. The van der Waals surface area contributed by atoms with Gasteiger partial charge in [-0.25, -0.2) is 0 Å². The van der Waals surface area contributed by atoms with Gasteiger partial charge in [0.05, 0.1) is 0 Å². The maximum atomic E-state index is 3.67. The van der Waals surface area contributed by atoms with E-state index >= 15 is 0 Å². The van der Waals surface area contributed by atoms with Crippen LogP contribution >= 0.6 is 0 Å². The molecular weight excluding hydrogens is 242 g/mol. The highest BCUT2D eigenvalue weighted by Crippen LogP contribution is 2.38. The molecule has 0 amide bonds. The van der Waals surface area contributed by atoms with Crippen LogP contribution in [0.3, 0.4) is 0 Å². The summed E-state index contributed by atoms with van der Waals surface area (Å²) in [5, 5.41) is 3.67. The van der Waals surface area contributed by atoms with Crippen LogP contribution in [0.25, 0.3) is 0 Å². The summed E-state index contributed by atoms with van der Waals surface area (Å²) in [6.45, 7) is 3.34. The first-order valence-electron chi connectivity index (χ1n) is 8.70. The van der Waals surface area contributed by atoms with E-state index in [2.05, 4.69) is 36.5 Å². The molecule has 2 atom stereocenters. The molecule has 3 rings (SSSR count). The molecule has 0 radical (unpaired) electrons. The lowest BCUT2D eigenvalue weighted by Crippen LogP contribution is -2.29. The molecule has 2 aliphatic rings. The molecule has 0 saturated heterocycles. The van der Waals surface area contributed by atoms with Crippen molar-refractivity contribution >= 4 is 0 Å². The Morgan fingerprint density at radius 3 is 2.05 bits per heavy atom. The summed E-state index contributed by atoms with van der Waals surface area (Å²) >= 11 is 0. The normalized spacial score (nSPS) is 27.9. The molecule has 20 heavy (non-hydrogen) atoms. The average molecular weight is 271 g/mol. The van der Waals surface area contributed by atoms with Crippen molar-refractivity contribution in [2.75, 3.05) is 6.54 Å². The fourth-order valence-electron chi connectivity index (χ4n) is 3.92. The van der Waals surface area contributed by atoms with E-state index in [9.17, 15) is 0 Å². The Morgan fingerprint density at radius 1 is 0.850 bits per heavy atom. The Kier molecular flexibility index (Phi) is 4.77. The highest BCUT2D eigenvalue weighted by Gasteiger charge is 2.22. The van der Waals surface area contributed by atoms with E-state index in [1.54, 1.807) is 11.1 Å². The Balaban J connectivity index is 1.66. The van der Waals surface area contributed by atoms with Crippen molar-refractivity contribution in [1.29, 1.82) is 0 Å². The van der Waals surface area contributed by atoms with E-state index in [1.807, 2.05) is 0 Å². The highest BCUT2D eigenvalue weighted by molar-refractivity contribution is 5.29. The third kappa shape index (κ3) is 3.25. The Bertz CT molecular complexity index is 404. The number of rotatable bonds is 4. The summed E-state index contributed by atoms with van der Waals surface area (Å²) in [7, 11) is 0. The molecule has 0 spiro atoms. The molecule has 0 aliphatic heterocycles. The van der Waals surface area contributed by atoms with Crippen molar-refractivity contribution in [2.45, 2.75) is 76.2 Å². The monoisotopic (exact) mass is 271 g/mol. The molecular formula is C19H29N. The van der Waals surface area contributed by atoms with Gasteiger partial charge in [0.15, 0.2) is 0 Å². The van der Waals surface area contributed by atoms with Gasteiger partial charge in [-0.05, 0) is 61.6 Å². The summed E-state index contributed by atoms with van der Waals surface area (Å²) in [5.41, 5.74) is 3.16. The molecule has 0 heterocycles. The fraction of sp³-hybridized carbons (Fsp3) is 0.684. The molecule has 0 bridgehead atoms. The van der Waals surface area contributed by atoms with Gasteiger partial charge in [0.1, 0.15) is 0 Å². The van der Waals surface area contributed by atoms with E-state index in [0.717, 1.165) is 24.4 Å². The second-order valence-corrected chi connectivity index (χ2v) is 6.77. The second-order valence-electron chi connectivity index (χ2n) is 6.77. The van der Waals surface area contributed by atoms with Crippen LogP contribution in [-0.2, 0) is 0 Å². The minimum absolute atomic E-state index is 0.735. The summed E-state index contributed by atoms with van der Waals surface area (Å²) < 4.78 is 0. The van der Waals surface area contributed by atoms with Crippen LogP contribution < -0.4 is 5.32 Å². The maximum absolute atomic E-state index is 3.67. The van der Waals surface area contributed by atoms with Crippen LogP contribution in [0.5, 0.6) is 0 Å². The van der Waals surface area contributed by atoms with Crippen LogP contribution in [0.2, 0.25) is 0 Å². The molecule has 1 N–H and O–H groups in total. The van der Waals surface area contributed by atoms with Gasteiger partial charge in [0.2, 0.25) is 0 Å². The zero-order valence-electron chi connectivity index (χ0n) is 12.9. The Morgan fingerprint density at radius 2 is 1.45 bits per heavy atom. The van der Waals surface area contributed by atoms with Gasteiger partial charge in [-0.2, -0.15) is 0 Å². The van der Waals surface area contributed by atoms with Gasteiger partial charge < -0.3 is 5.32 Å². The van der Waals surface area contributed by atoms with Crippen LogP contribution in [0.15, 0.2) is 24.3 Å². The zero-order chi connectivity index (χ0) is 13.8. The molecule has 2 aliphatic carbocycles. The lowest BCUT2D eigenvalue weighted by Gasteiger charge is -2.26. The molecule has 1 heteroatoms. The van der Waals surface area contributed by atoms with E-state index in [1.165, 1.54) is 51.4 Å². The number of nitrogens with one attached hydrogen (secondary N) is 1. The van der Waals surface area contributed by atoms with Gasteiger partial charge in [-0.1, -0.05) is 50.5 Å². The summed E-state index contributed by atoms with van der Waals surface area (Å²) in [4.78, 5) is 0. The molecule has 110 valence electrons. The SMILES string of the molecule is CCNC1CCCCC(c2ccc(C3CCC3)cc2)C1. The van der Waals surface area contributed by atoms with Crippen molar-refractivity contribution in [3.8, 4) is 0 Å². The first-order chi connectivity index (χ1) is 9.86. The predicted octanol–water partition coefficient (Wildman–Crippen LogP) is 4.98. The van der Waals surface area contributed by atoms with E-state index in [-0.39, 0.29) is 0 Å². The first-order valence-corrected chi connectivity index (χ1v) is 8.70. The molecule has 1 aromatic rings. The van der Waals surface area contributed by atoms with Gasteiger partial charge in [-0.15, -0.1) is 0 Å². The van der Waals surface area contributed by atoms with E-state index in [0.29, 0.717) is 0 Å². The molecule has 2 fully saturated rings. The minimum Gasteiger partial charge on any atom is -0.314 e. The molecule has 0 aromatic heterocycles. The second kappa shape index (κ2) is 6.76. The zero-order valence-corrected chi connectivity index (χ0v) is 12.9. The molecule has 2 saturated carbocycles. The largest absolute Gasteiger partial charge is 0.314 e. The molecule has 1 nitrogen and oxygen atoms in total. The lowest BCUT2D eigenvalue weighted by molar-refractivity contribution is 0.419. The summed E-state index contributed by atoms with van der Waals surface area (Å²) in [6.07, 6.45) is 11.1. The van der Waals surface area contributed by atoms with Crippen molar-refractivity contribution in [3.63, 3.8) is 0 Å². The average Bonchev–Trinajstić information content (AvgIpc) is 2.64. The smallest absolute Gasteiger partial charge is 0.00727 e. The quantitative estimate of drug-likeness (QED) is 0.762. The standard InChI is InChI=1S/C19H29N/c1-2-20-19-9-4-3-6-18(14-19)17-12-10-16(11-13-17)15-7-5-8-15/h10-13,15,18-20H,2-9,14H2,1H3. The van der Waals surface area contributed by atoms with Crippen molar-refractivity contribution in [3.05, 3.63) is 35.4 Å². The topological polar surface area (TPSA) is 12.0 Å². The van der Waals surface area contributed by atoms with E-state index in [4.69, 9.17) is 0 Å². The van der Waals surface area contributed by atoms with Crippen LogP contribution in [-0.4, -0.2) is 12.6 Å². The van der Waals surface area contributed by atoms with Crippen molar-refractivity contribution in [1.82, 2.24) is 5.32 Å². The Labute approximate surface area is 124 Å². The third-order valence-electron chi connectivity index (χ3n) is 5.40. The highest BCUT2D eigenvalue weighted by atomic mass is 14.9. The predicted molar refractivity (Wildman–Crippen MR) is 86.3 cm³/mol. The van der Waals surface area contributed by atoms with Gasteiger partial charge in [0.25, 0.3) is 0 Å². The number of hydrogen-bond donors (Lipinski definition) is 1. The van der Waals surface area contributed by atoms with Crippen molar-refractivity contribution in [2.24, 2.45) is 0 Å². The molecule has 2 unspecified atom stereocenters. The lowest BCUT2D eigenvalue weighted by atomic mass is 9.79. The van der Waals surface area contributed by atoms with Gasteiger partial charge in [-0.3, -0.25) is 0 Å². The van der Waals surface area contributed by atoms with Crippen LogP contribution in [0, 0.1) is 0 Å². The van der Waals surface area contributed by atoms with Gasteiger partial charge in [0, 0.05) is 6.04 Å². The fourth-order valence-corrected chi connectivity index (χ4v) is 3.92. The van der Waals surface area contributed by atoms with Crippen LogP contribution in [0.4, 0.5) is 0 Å². The van der Waals surface area contributed by atoms with Crippen LogP contribution in [0.1, 0.15) is 81.3 Å². The Hall–Kier alpha value is -0.820. The first kappa shape index (κ1) is 14.1. The van der Waals surface area contributed by atoms with Gasteiger partial charge >= 0.3 is 0 Å².